The number of hydrazone groups is 1. The Labute approximate surface area is 214 Å². The number of nitrogens with zero attached hydrogens (tertiary/aromatic N) is 2. The highest BCUT2D eigenvalue weighted by atomic mass is 16.7. The molecule has 0 aromatic heterocycles. The third-order valence-electron chi connectivity index (χ3n) is 6.77. The Bertz CT molecular complexity index is 1550. The number of fused-ring (bicyclic) bond motifs is 1. The van der Waals surface area contributed by atoms with Gasteiger partial charge in [-0.15, -0.1) is 0 Å². The number of amides is 2. The van der Waals surface area contributed by atoms with E-state index in [1.54, 1.807) is 17.0 Å². The van der Waals surface area contributed by atoms with Crippen LogP contribution in [0.2, 0.25) is 0 Å². The van der Waals surface area contributed by atoms with Crippen LogP contribution in [0, 0.1) is 0 Å². The maximum absolute atomic E-state index is 13.0. The summed E-state index contributed by atoms with van der Waals surface area (Å²) in [5.74, 6) is 1.25. The monoisotopic (exact) mass is 491 g/mol. The van der Waals surface area contributed by atoms with E-state index in [9.17, 15) is 9.59 Å². The number of anilines is 1. The van der Waals surface area contributed by atoms with Crippen LogP contribution in [0.4, 0.5) is 5.69 Å². The van der Waals surface area contributed by atoms with Crippen molar-refractivity contribution < 1.29 is 19.1 Å². The summed E-state index contributed by atoms with van der Waals surface area (Å²) in [7, 11) is 0. The van der Waals surface area contributed by atoms with Crippen LogP contribution in [0.25, 0.3) is 10.8 Å². The Kier molecular flexibility index (Phi) is 5.81. The molecule has 184 valence electrons. The normalized spacial score (nSPS) is 13.9. The largest absolute Gasteiger partial charge is 0.454 e. The number of carbonyl (C=O) groups excluding carboxylic acids is 2. The summed E-state index contributed by atoms with van der Waals surface area (Å²) in [6.07, 6.45) is 1.49. The first-order chi connectivity index (χ1) is 18.1. The Morgan fingerprint density at radius 2 is 1.70 bits per heavy atom. The number of hydrogen-bond acceptors (Lipinski definition) is 5. The lowest BCUT2D eigenvalue weighted by molar-refractivity contribution is 0.0952. The molecule has 0 bridgehead atoms. The highest BCUT2D eigenvalue weighted by Gasteiger charge is 2.29. The predicted molar refractivity (Wildman–Crippen MR) is 142 cm³/mol. The van der Waals surface area contributed by atoms with Crippen molar-refractivity contribution in [1.82, 2.24) is 5.43 Å². The minimum atomic E-state index is -0.275. The molecular formula is C30H25N3O4. The lowest BCUT2D eigenvalue weighted by Gasteiger charge is -2.18. The first-order valence-corrected chi connectivity index (χ1v) is 12.2. The molecule has 0 aliphatic carbocycles. The summed E-state index contributed by atoms with van der Waals surface area (Å²) in [6.45, 7) is 2.58. The van der Waals surface area contributed by atoms with Crippen LogP contribution >= 0.6 is 0 Å². The molecule has 0 spiro atoms. The van der Waals surface area contributed by atoms with E-state index in [0.717, 1.165) is 56.8 Å². The van der Waals surface area contributed by atoms with Gasteiger partial charge in [-0.1, -0.05) is 42.5 Å². The van der Waals surface area contributed by atoms with Crippen molar-refractivity contribution in [3.05, 3.63) is 101 Å². The molecule has 0 saturated heterocycles. The van der Waals surface area contributed by atoms with Gasteiger partial charge in [0.2, 0.25) is 6.79 Å². The molecule has 0 fully saturated rings. The van der Waals surface area contributed by atoms with Gasteiger partial charge in [-0.25, -0.2) is 5.43 Å². The van der Waals surface area contributed by atoms with Crippen LogP contribution < -0.4 is 19.8 Å². The van der Waals surface area contributed by atoms with Gasteiger partial charge in [0, 0.05) is 22.2 Å². The number of hydrogen-bond donors (Lipinski definition) is 1. The molecule has 4 aromatic rings. The minimum absolute atomic E-state index is 0.000759. The van der Waals surface area contributed by atoms with E-state index in [4.69, 9.17) is 9.47 Å². The van der Waals surface area contributed by atoms with Crippen molar-refractivity contribution in [2.24, 2.45) is 5.10 Å². The van der Waals surface area contributed by atoms with E-state index in [1.165, 1.54) is 0 Å². The summed E-state index contributed by atoms with van der Waals surface area (Å²) < 4.78 is 10.8. The van der Waals surface area contributed by atoms with Crippen molar-refractivity contribution in [3.8, 4) is 11.5 Å². The van der Waals surface area contributed by atoms with Crippen molar-refractivity contribution in [1.29, 1.82) is 0 Å². The zero-order valence-corrected chi connectivity index (χ0v) is 20.4. The zero-order valence-electron chi connectivity index (χ0n) is 20.4. The van der Waals surface area contributed by atoms with E-state index < -0.39 is 0 Å². The van der Waals surface area contributed by atoms with Crippen molar-refractivity contribution >= 4 is 34.0 Å². The second-order valence-corrected chi connectivity index (χ2v) is 9.24. The molecule has 2 aliphatic rings. The lowest BCUT2D eigenvalue weighted by atomic mass is 10.1. The van der Waals surface area contributed by atoms with Crippen LogP contribution in [0.1, 0.15) is 45.2 Å². The second kappa shape index (κ2) is 9.43. The lowest BCUT2D eigenvalue weighted by Crippen LogP contribution is -2.26. The molecule has 37 heavy (non-hydrogen) atoms. The SMILES string of the molecule is CC(CCc1ccc2c(c1)OCO2)=NNC(=O)c1ccc(CN2C(=O)c3cccc4cccc2c34)cc1. The molecule has 7 nitrogen and oxygen atoms in total. The first kappa shape index (κ1) is 22.8. The molecule has 2 heterocycles. The van der Waals surface area contributed by atoms with Gasteiger partial charge in [0.05, 0.1) is 12.2 Å². The molecule has 6 rings (SSSR count). The number of carbonyl (C=O) groups is 2. The Morgan fingerprint density at radius 3 is 2.54 bits per heavy atom. The molecular weight excluding hydrogens is 466 g/mol. The highest BCUT2D eigenvalue weighted by Crippen LogP contribution is 2.38. The predicted octanol–water partition coefficient (Wildman–Crippen LogP) is 5.47. The van der Waals surface area contributed by atoms with Gasteiger partial charge in [0.25, 0.3) is 11.8 Å². The minimum Gasteiger partial charge on any atom is -0.454 e. The van der Waals surface area contributed by atoms with Crippen LogP contribution in [0.15, 0.2) is 84.0 Å². The number of nitrogens with one attached hydrogen (secondary N) is 1. The van der Waals surface area contributed by atoms with Gasteiger partial charge in [-0.3, -0.25) is 9.59 Å². The maximum atomic E-state index is 13.0. The van der Waals surface area contributed by atoms with Crippen molar-refractivity contribution in [3.63, 3.8) is 0 Å². The van der Waals surface area contributed by atoms with E-state index in [0.29, 0.717) is 18.5 Å². The first-order valence-electron chi connectivity index (χ1n) is 12.2. The quantitative estimate of drug-likeness (QED) is 0.275. The van der Waals surface area contributed by atoms with Crippen LogP contribution in [-0.4, -0.2) is 24.3 Å². The topological polar surface area (TPSA) is 80.2 Å². The highest BCUT2D eigenvalue weighted by molar-refractivity contribution is 6.24. The molecule has 2 amide bonds. The van der Waals surface area contributed by atoms with E-state index >= 15 is 0 Å². The Hall–Kier alpha value is -4.65. The molecule has 7 heteroatoms. The molecule has 4 aromatic carbocycles. The second-order valence-electron chi connectivity index (χ2n) is 9.24. The van der Waals surface area contributed by atoms with Crippen LogP contribution in [0.5, 0.6) is 11.5 Å². The summed E-state index contributed by atoms with van der Waals surface area (Å²) in [5.41, 5.74) is 7.69. The van der Waals surface area contributed by atoms with Crippen molar-refractivity contribution in [2.75, 3.05) is 11.7 Å². The summed E-state index contributed by atoms with van der Waals surface area (Å²) in [4.78, 5) is 27.4. The fraction of sp³-hybridized carbons (Fsp3) is 0.167. The average Bonchev–Trinajstić information content (AvgIpc) is 3.50. The van der Waals surface area contributed by atoms with E-state index in [-0.39, 0.29) is 18.6 Å². The molecule has 0 atom stereocenters. The summed E-state index contributed by atoms with van der Waals surface area (Å²) >= 11 is 0. The Morgan fingerprint density at radius 1 is 0.946 bits per heavy atom. The number of aryl methyl sites for hydroxylation is 1. The van der Waals surface area contributed by atoms with Gasteiger partial charge in [0.15, 0.2) is 11.5 Å². The van der Waals surface area contributed by atoms with E-state index in [1.807, 2.05) is 73.7 Å². The number of ether oxygens (including phenoxy) is 2. The van der Waals surface area contributed by atoms with Crippen LogP contribution in [0.3, 0.4) is 0 Å². The van der Waals surface area contributed by atoms with Crippen molar-refractivity contribution in [2.45, 2.75) is 26.3 Å². The maximum Gasteiger partial charge on any atom is 0.271 e. The summed E-state index contributed by atoms with van der Waals surface area (Å²) in [5, 5.41) is 6.31. The molecule has 2 aliphatic heterocycles. The standard InChI is InChI=1S/C30H25N3O4/c1-19(8-9-20-12-15-26-27(16-20)37-18-36-26)31-32-29(34)23-13-10-21(11-14-23)17-33-25-7-3-5-22-4-2-6-24(28(22)25)30(33)35/h2-7,10-16H,8-9,17-18H2,1H3,(H,32,34). The van der Waals surface area contributed by atoms with Gasteiger partial charge in [0.1, 0.15) is 0 Å². The third-order valence-corrected chi connectivity index (χ3v) is 6.77. The van der Waals surface area contributed by atoms with Crippen LogP contribution in [-0.2, 0) is 13.0 Å². The zero-order chi connectivity index (χ0) is 25.4. The molecule has 0 radical (unpaired) electrons. The smallest absolute Gasteiger partial charge is 0.271 e. The molecule has 0 saturated carbocycles. The number of benzene rings is 4. The van der Waals surface area contributed by atoms with Gasteiger partial charge in [-0.05, 0) is 72.7 Å². The fourth-order valence-electron chi connectivity index (χ4n) is 4.77. The molecule has 0 unspecified atom stereocenters. The van der Waals surface area contributed by atoms with E-state index in [2.05, 4.69) is 10.5 Å². The van der Waals surface area contributed by atoms with Gasteiger partial charge in [-0.2, -0.15) is 5.10 Å². The number of rotatable bonds is 7. The Balaban J connectivity index is 1.06. The van der Waals surface area contributed by atoms with Gasteiger partial charge < -0.3 is 14.4 Å². The summed E-state index contributed by atoms with van der Waals surface area (Å²) in [6, 6.07) is 25.0. The fourth-order valence-corrected chi connectivity index (χ4v) is 4.77. The third kappa shape index (κ3) is 4.40. The average molecular weight is 492 g/mol. The molecule has 1 N–H and O–H groups in total. The van der Waals surface area contributed by atoms with Gasteiger partial charge >= 0.3 is 0 Å².